The summed E-state index contributed by atoms with van der Waals surface area (Å²) >= 11 is 5.95. The quantitative estimate of drug-likeness (QED) is 0.901. The van der Waals surface area contributed by atoms with E-state index in [1.807, 2.05) is 6.92 Å². The SMILES string of the molecule is CCN(C1CNC1)S(=O)(=O)c1ccccc1Cl. The molecule has 4 nitrogen and oxygen atoms in total. The molecule has 1 aliphatic heterocycles. The van der Waals surface area contributed by atoms with Gasteiger partial charge in [-0.3, -0.25) is 0 Å². The van der Waals surface area contributed by atoms with E-state index < -0.39 is 10.0 Å². The second-order valence-electron chi connectivity index (χ2n) is 3.95. The van der Waals surface area contributed by atoms with Gasteiger partial charge in [0.05, 0.1) is 11.1 Å². The van der Waals surface area contributed by atoms with E-state index in [4.69, 9.17) is 11.6 Å². The highest BCUT2D eigenvalue weighted by atomic mass is 35.5. The Morgan fingerprint density at radius 3 is 2.53 bits per heavy atom. The van der Waals surface area contributed by atoms with Gasteiger partial charge < -0.3 is 5.32 Å². The first-order valence-electron chi connectivity index (χ1n) is 5.54. The van der Waals surface area contributed by atoms with Gasteiger partial charge in [-0.1, -0.05) is 30.7 Å². The maximum absolute atomic E-state index is 12.4. The maximum Gasteiger partial charge on any atom is 0.244 e. The van der Waals surface area contributed by atoms with Crippen molar-refractivity contribution in [1.29, 1.82) is 0 Å². The first-order valence-corrected chi connectivity index (χ1v) is 7.36. The average molecular weight is 275 g/mol. The third-order valence-corrected chi connectivity index (χ3v) is 5.43. The lowest BCUT2D eigenvalue weighted by atomic mass is 10.2. The van der Waals surface area contributed by atoms with Gasteiger partial charge >= 0.3 is 0 Å². The van der Waals surface area contributed by atoms with E-state index in [2.05, 4.69) is 5.32 Å². The normalized spacial score (nSPS) is 17.1. The first-order chi connectivity index (χ1) is 8.07. The highest BCUT2D eigenvalue weighted by Crippen LogP contribution is 2.26. The minimum atomic E-state index is -3.48. The largest absolute Gasteiger partial charge is 0.313 e. The van der Waals surface area contributed by atoms with E-state index in [9.17, 15) is 8.42 Å². The highest BCUT2D eigenvalue weighted by molar-refractivity contribution is 7.89. The van der Waals surface area contributed by atoms with Crippen molar-refractivity contribution in [2.45, 2.75) is 17.9 Å². The predicted octanol–water partition coefficient (Wildman–Crippen LogP) is 1.32. The summed E-state index contributed by atoms with van der Waals surface area (Å²) in [6.07, 6.45) is 0. The molecule has 0 spiro atoms. The molecule has 94 valence electrons. The lowest BCUT2D eigenvalue weighted by Gasteiger charge is -2.36. The lowest BCUT2D eigenvalue weighted by Crippen LogP contribution is -2.58. The summed E-state index contributed by atoms with van der Waals surface area (Å²) in [4.78, 5) is 0.190. The molecular formula is C11H15ClN2O2S. The highest BCUT2D eigenvalue weighted by Gasteiger charge is 2.34. The van der Waals surface area contributed by atoms with Crippen LogP contribution < -0.4 is 5.32 Å². The summed E-state index contributed by atoms with van der Waals surface area (Å²) in [7, 11) is -3.48. The van der Waals surface area contributed by atoms with Gasteiger partial charge in [-0.2, -0.15) is 4.31 Å². The maximum atomic E-state index is 12.4. The van der Waals surface area contributed by atoms with Crippen molar-refractivity contribution in [2.24, 2.45) is 0 Å². The van der Waals surface area contributed by atoms with Crippen molar-refractivity contribution in [3.63, 3.8) is 0 Å². The van der Waals surface area contributed by atoms with Gasteiger partial charge in [0, 0.05) is 19.6 Å². The van der Waals surface area contributed by atoms with Crippen LogP contribution in [0.25, 0.3) is 0 Å². The fourth-order valence-electron chi connectivity index (χ4n) is 1.88. The van der Waals surface area contributed by atoms with E-state index in [1.165, 1.54) is 4.31 Å². The van der Waals surface area contributed by atoms with Crippen LogP contribution >= 0.6 is 11.6 Å². The molecule has 0 aromatic heterocycles. The topological polar surface area (TPSA) is 49.4 Å². The second-order valence-corrected chi connectivity index (χ2v) is 6.22. The molecule has 6 heteroatoms. The van der Waals surface area contributed by atoms with Crippen molar-refractivity contribution in [1.82, 2.24) is 9.62 Å². The molecule has 1 fully saturated rings. The minimum absolute atomic E-state index is 0.0428. The van der Waals surface area contributed by atoms with Crippen LogP contribution in [0.1, 0.15) is 6.92 Å². The number of benzene rings is 1. The zero-order valence-electron chi connectivity index (χ0n) is 9.56. The number of rotatable bonds is 4. The van der Waals surface area contributed by atoms with E-state index >= 15 is 0 Å². The van der Waals surface area contributed by atoms with E-state index in [-0.39, 0.29) is 16.0 Å². The van der Waals surface area contributed by atoms with Crippen LogP contribution in [0.4, 0.5) is 0 Å². The Hall–Kier alpha value is -0.620. The van der Waals surface area contributed by atoms with Gasteiger partial charge in [-0.05, 0) is 12.1 Å². The Balaban J connectivity index is 2.37. The Morgan fingerprint density at radius 1 is 1.41 bits per heavy atom. The van der Waals surface area contributed by atoms with Crippen molar-refractivity contribution in [3.8, 4) is 0 Å². The zero-order valence-corrected chi connectivity index (χ0v) is 11.1. The number of nitrogens with zero attached hydrogens (tertiary/aromatic N) is 1. The molecule has 1 heterocycles. The summed E-state index contributed by atoms with van der Waals surface area (Å²) in [5, 5.41) is 3.35. The number of sulfonamides is 1. The molecule has 1 aromatic rings. The Morgan fingerprint density at radius 2 is 2.06 bits per heavy atom. The molecule has 0 amide bonds. The number of likely N-dealkylation sites (N-methyl/N-ethyl adjacent to an activating group) is 1. The van der Waals surface area contributed by atoms with Crippen LogP contribution in [-0.4, -0.2) is 38.4 Å². The van der Waals surface area contributed by atoms with Crippen LogP contribution in [0.2, 0.25) is 5.02 Å². The van der Waals surface area contributed by atoms with E-state index in [1.54, 1.807) is 24.3 Å². The van der Waals surface area contributed by atoms with Crippen LogP contribution in [0, 0.1) is 0 Å². The summed E-state index contributed by atoms with van der Waals surface area (Å²) in [6, 6.07) is 6.60. The molecule has 17 heavy (non-hydrogen) atoms. The van der Waals surface area contributed by atoms with E-state index in [0.717, 1.165) is 0 Å². The second kappa shape index (κ2) is 4.94. The van der Waals surface area contributed by atoms with Gasteiger partial charge in [0.15, 0.2) is 0 Å². The van der Waals surface area contributed by atoms with Gasteiger partial charge in [-0.15, -0.1) is 0 Å². The fourth-order valence-corrected chi connectivity index (χ4v) is 4.01. The molecule has 0 saturated carbocycles. The molecule has 0 radical (unpaired) electrons. The summed E-state index contributed by atoms with van der Waals surface area (Å²) in [5.74, 6) is 0. The van der Waals surface area contributed by atoms with Crippen molar-refractivity contribution in [2.75, 3.05) is 19.6 Å². The summed E-state index contributed by atoms with van der Waals surface area (Å²) < 4.78 is 26.4. The van der Waals surface area contributed by atoms with Crippen LogP contribution in [0.5, 0.6) is 0 Å². The molecule has 0 unspecified atom stereocenters. The zero-order chi connectivity index (χ0) is 12.5. The molecular weight excluding hydrogens is 260 g/mol. The fraction of sp³-hybridized carbons (Fsp3) is 0.455. The molecule has 1 N–H and O–H groups in total. The van der Waals surface area contributed by atoms with Gasteiger partial charge in [-0.25, -0.2) is 8.42 Å². The monoisotopic (exact) mass is 274 g/mol. The number of hydrogen-bond donors (Lipinski definition) is 1. The average Bonchev–Trinajstić information content (AvgIpc) is 2.23. The third-order valence-electron chi connectivity index (χ3n) is 2.90. The number of nitrogens with one attached hydrogen (secondary N) is 1. The molecule has 2 rings (SSSR count). The third kappa shape index (κ3) is 2.33. The lowest BCUT2D eigenvalue weighted by molar-refractivity contribution is 0.249. The molecule has 0 atom stereocenters. The van der Waals surface area contributed by atoms with Crippen LogP contribution in [0.3, 0.4) is 0 Å². The van der Waals surface area contributed by atoms with Crippen LogP contribution in [-0.2, 0) is 10.0 Å². The van der Waals surface area contributed by atoms with Crippen LogP contribution in [0.15, 0.2) is 29.2 Å². The molecule has 1 aliphatic rings. The first kappa shape index (κ1) is 12.8. The Bertz CT molecular complexity index is 500. The molecule has 1 aromatic carbocycles. The summed E-state index contributed by atoms with van der Waals surface area (Å²) in [6.45, 7) is 3.71. The van der Waals surface area contributed by atoms with Gasteiger partial charge in [0.2, 0.25) is 10.0 Å². The Kier molecular flexibility index (Phi) is 3.73. The molecule has 0 bridgehead atoms. The summed E-state index contributed by atoms with van der Waals surface area (Å²) in [5.41, 5.74) is 0. The van der Waals surface area contributed by atoms with Crippen molar-refractivity contribution >= 4 is 21.6 Å². The molecule has 1 saturated heterocycles. The number of hydrogen-bond acceptors (Lipinski definition) is 3. The molecule has 0 aliphatic carbocycles. The van der Waals surface area contributed by atoms with E-state index in [0.29, 0.717) is 19.6 Å². The van der Waals surface area contributed by atoms with Gasteiger partial charge in [0.1, 0.15) is 4.90 Å². The van der Waals surface area contributed by atoms with Crippen molar-refractivity contribution < 1.29 is 8.42 Å². The minimum Gasteiger partial charge on any atom is -0.313 e. The predicted molar refractivity (Wildman–Crippen MR) is 67.7 cm³/mol. The van der Waals surface area contributed by atoms with Gasteiger partial charge in [0.25, 0.3) is 0 Å². The number of halogens is 1. The standard InChI is InChI=1S/C11H15ClN2O2S/c1-2-14(9-7-13-8-9)17(15,16)11-6-4-3-5-10(11)12/h3-6,9,13H,2,7-8H2,1H3. The Labute approximate surface area is 107 Å². The van der Waals surface area contributed by atoms with Crippen molar-refractivity contribution in [3.05, 3.63) is 29.3 Å². The smallest absolute Gasteiger partial charge is 0.244 e.